The lowest BCUT2D eigenvalue weighted by Gasteiger charge is -2.10. The van der Waals surface area contributed by atoms with Crippen molar-refractivity contribution in [3.8, 4) is 0 Å². The normalized spacial score (nSPS) is 15.4. The first-order valence-corrected chi connectivity index (χ1v) is 9.44. The number of aryl methyl sites for hydroxylation is 1. The first-order chi connectivity index (χ1) is 12.5. The average molecular weight is 359 g/mol. The van der Waals surface area contributed by atoms with Crippen LogP contribution in [0.1, 0.15) is 63.4 Å². The molecule has 0 aliphatic heterocycles. The molecule has 2 heterocycles. The van der Waals surface area contributed by atoms with Gasteiger partial charge in [-0.3, -0.25) is 0 Å². The molecular formula is C19H29N5O2. The van der Waals surface area contributed by atoms with Gasteiger partial charge in [-0.15, -0.1) is 0 Å². The molecule has 1 aliphatic carbocycles. The van der Waals surface area contributed by atoms with Crippen LogP contribution in [0.25, 0.3) is 11.0 Å². The van der Waals surface area contributed by atoms with Gasteiger partial charge in [0.1, 0.15) is 0 Å². The maximum Gasteiger partial charge on any atom is 0.406 e. The number of alkyl carbamates (subject to hydrolysis) is 1. The zero-order chi connectivity index (χ0) is 18.7. The third kappa shape index (κ3) is 4.33. The number of carbonyl (C=O) groups is 1. The summed E-state index contributed by atoms with van der Waals surface area (Å²) in [4.78, 5) is 16.0. The molecule has 1 amide bonds. The van der Waals surface area contributed by atoms with Crippen LogP contribution in [0, 0.1) is 0 Å². The minimum absolute atomic E-state index is 0.200. The third-order valence-electron chi connectivity index (χ3n) is 4.71. The van der Waals surface area contributed by atoms with Crippen LogP contribution < -0.4 is 10.6 Å². The van der Waals surface area contributed by atoms with Crippen LogP contribution in [0.3, 0.4) is 0 Å². The molecule has 0 aromatic carbocycles. The zero-order valence-electron chi connectivity index (χ0n) is 16.1. The van der Waals surface area contributed by atoms with Gasteiger partial charge in [0, 0.05) is 36.3 Å². The summed E-state index contributed by atoms with van der Waals surface area (Å²) in [7, 11) is 1.37. The largest absolute Gasteiger partial charge is 0.453 e. The summed E-state index contributed by atoms with van der Waals surface area (Å²) in [6, 6.07) is 5.07. The molecule has 1 unspecified atom stereocenters. The third-order valence-corrected chi connectivity index (χ3v) is 4.71. The van der Waals surface area contributed by atoms with E-state index < -0.39 is 6.09 Å². The van der Waals surface area contributed by atoms with Gasteiger partial charge >= 0.3 is 6.09 Å². The van der Waals surface area contributed by atoms with Gasteiger partial charge in [-0.2, -0.15) is 5.10 Å². The van der Waals surface area contributed by atoms with Gasteiger partial charge in [0.15, 0.2) is 5.65 Å². The fourth-order valence-electron chi connectivity index (χ4n) is 3.06. The molecule has 142 valence electrons. The molecule has 3 rings (SSSR count). The van der Waals surface area contributed by atoms with Crippen LogP contribution in [-0.2, 0) is 11.3 Å². The van der Waals surface area contributed by atoms with Crippen LogP contribution >= 0.6 is 0 Å². The van der Waals surface area contributed by atoms with Crippen molar-refractivity contribution in [3.05, 3.63) is 23.5 Å². The predicted molar refractivity (Wildman–Crippen MR) is 101 cm³/mol. The molecule has 7 heteroatoms. The second kappa shape index (κ2) is 8.03. The summed E-state index contributed by atoms with van der Waals surface area (Å²) in [5.41, 5.74) is 3.05. The van der Waals surface area contributed by atoms with E-state index in [4.69, 9.17) is 10.1 Å². The maximum absolute atomic E-state index is 11.2. The number of nitrogens with zero attached hydrogens (tertiary/aromatic N) is 3. The van der Waals surface area contributed by atoms with Crippen LogP contribution in [0.5, 0.6) is 0 Å². The Morgan fingerprint density at radius 2 is 2.12 bits per heavy atom. The number of ether oxygens (including phenoxy) is 1. The summed E-state index contributed by atoms with van der Waals surface area (Å²) in [5, 5.41) is 12.3. The van der Waals surface area contributed by atoms with Crippen molar-refractivity contribution in [2.75, 3.05) is 13.7 Å². The number of nitrogens with one attached hydrogen (secondary N) is 2. The quantitative estimate of drug-likeness (QED) is 0.708. The number of pyridine rings is 1. The Morgan fingerprint density at radius 3 is 2.77 bits per heavy atom. The first kappa shape index (κ1) is 18.6. The molecule has 0 saturated heterocycles. The molecule has 7 nitrogen and oxygen atoms in total. The van der Waals surface area contributed by atoms with Crippen molar-refractivity contribution < 1.29 is 9.53 Å². The molecule has 1 saturated carbocycles. The van der Waals surface area contributed by atoms with E-state index in [-0.39, 0.29) is 6.04 Å². The van der Waals surface area contributed by atoms with Crippen molar-refractivity contribution >= 4 is 17.1 Å². The number of methoxy groups -OCH3 is 1. The highest BCUT2D eigenvalue weighted by Gasteiger charge is 2.26. The number of rotatable bonds is 8. The molecule has 0 radical (unpaired) electrons. The van der Waals surface area contributed by atoms with Crippen molar-refractivity contribution in [2.45, 2.75) is 64.6 Å². The summed E-state index contributed by atoms with van der Waals surface area (Å²) in [6.45, 7) is 7.70. The molecule has 2 aromatic heterocycles. The molecular weight excluding hydrogens is 330 g/mol. The lowest BCUT2D eigenvalue weighted by atomic mass is 10.1. The lowest BCUT2D eigenvalue weighted by molar-refractivity contribution is 0.170. The standard InChI is InChI=1S/C19H29N5O2/c1-12(2)16-9-8-15-17(13(3)21-14-6-7-14)23-24(18(15)22-16)11-5-10-20-19(25)26-4/h8-9,12-14,21H,5-7,10-11H2,1-4H3,(H,20,25). The minimum Gasteiger partial charge on any atom is -0.453 e. The van der Waals surface area contributed by atoms with Crippen molar-refractivity contribution in [1.29, 1.82) is 0 Å². The van der Waals surface area contributed by atoms with Crippen molar-refractivity contribution in [2.24, 2.45) is 0 Å². The smallest absolute Gasteiger partial charge is 0.406 e. The van der Waals surface area contributed by atoms with E-state index in [1.165, 1.54) is 20.0 Å². The molecule has 26 heavy (non-hydrogen) atoms. The van der Waals surface area contributed by atoms with E-state index in [9.17, 15) is 4.79 Å². The van der Waals surface area contributed by atoms with Gasteiger partial charge in [-0.05, 0) is 44.2 Å². The second-order valence-corrected chi connectivity index (χ2v) is 7.30. The van der Waals surface area contributed by atoms with E-state index in [1.807, 2.05) is 4.68 Å². The van der Waals surface area contributed by atoms with Crippen LogP contribution in [0.15, 0.2) is 12.1 Å². The highest BCUT2D eigenvalue weighted by Crippen LogP contribution is 2.28. The van der Waals surface area contributed by atoms with Gasteiger partial charge in [-0.25, -0.2) is 14.5 Å². The summed E-state index contributed by atoms with van der Waals surface area (Å²) in [6.07, 6.45) is 2.86. The Labute approximate surface area is 154 Å². The van der Waals surface area contributed by atoms with E-state index in [0.717, 1.165) is 28.8 Å². The lowest BCUT2D eigenvalue weighted by Crippen LogP contribution is -2.25. The zero-order valence-corrected chi connectivity index (χ0v) is 16.1. The Bertz CT molecular complexity index is 767. The summed E-state index contributed by atoms with van der Waals surface area (Å²) >= 11 is 0. The van der Waals surface area contributed by atoms with Gasteiger partial charge in [-0.1, -0.05) is 13.8 Å². The molecule has 0 spiro atoms. The Hall–Kier alpha value is -2.15. The predicted octanol–water partition coefficient (Wildman–Crippen LogP) is 3.11. The van der Waals surface area contributed by atoms with Crippen molar-refractivity contribution in [1.82, 2.24) is 25.4 Å². The number of carbonyl (C=O) groups excluding carboxylic acids is 1. The van der Waals surface area contributed by atoms with Gasteiger partial charge in [0.05, 0.1) is 12.8 Å². The molecule has 1 fully saturated rings. The van der Waals surface area contributed by atoms with Gasteiger partial charge in [0.2, 0.25) is 0 Å². The molecule has 1 atom stereocenters. The summed E-state index contributed by atoms with van der Waals surface area (Å²) < 4.78 is 6.57. The molecule has 2 N–H and O–H groups in total. The SMILES string of the molecule is COC(=O)NCCCn1nc(C(C)NC2CC2)c2ccc(C(C)C)nc21. The first-order valence-electron chi connectivity index (χ1n) is 9.44. The minimum atomic E-state index is -0.404. The van der Waals surface area contributed by atoms with Crippen molar-refractivity contribution in [3.63, 3.8) is 0 Å². The average Bonchev–Trinajstić information content (AvgIpc) is 3.37. The highest BCUT2D eigenvalue weighted by molar-refractivity contribution is 5.79. The van der Waals surface area contributed by atoms with Gasteiger partial charge < -0.3 is 15.4 Å². The Kier molecular flexibility index (Phi) is 5.76. The van der Waals surface area contributed by atoms with Crippen LogP contribution in [0.4, 0.5) is 4.79 Å². The Morgan fingerprint density at radius 1 is 1.35 bits per heavy atom. The number of fused-ring (bicyclic) bond motifs is 1. The van der Waals surface area contributed by atoms with E-state index in [0.29, 0.717) is 25.0 Å². The molecule has 0 bridgehead atoms. The number of hydrogen-bond acceptors (Lipinski definition) is 5. The number of aromatic nitrogens is 3. The van der Waals surface area contributed by atoms with E-state index >= 15 is 0 Å². The molecule has 1 aliphatic rings. The highest BCUT2D eigenvalue weighted by atomic mass is 16.5. The fraction of sp³-hybridized carbons (Fsp3) is 0.632. The monoisotopic (exact) mass is 359 g/mol. The fourth-order valence-corrected chi connectivity index (χ4v) is 3.06. The maximum atomic E-state index is 11.2. The second-order valence-electron chi connectivity index (χ2n) is 7.30. The van der Waals surface area contributed by atoms with Gasteiger partial charge in [0.25, 0.3) is 0 Å². The molecule has 2 aromatic rings. The topological polar surface area (TPSA) is 81.1 Å². The van der Waals surface area contributed by atoms with Crippen LogP contribution in [0.2, 0.25) is 0 Å². The summed E-state index contributed by atoms with van der Waals surface area (Å²) in [5.74, 6) is 0.370. The Balaban J connectivity index is 1.81. The van der Waals surface area contributed by atoms with E-state index in [1.54, 1.807) is 0 Å². The number of hydrogen-bond donors (Lipinski definition) is 2. The van der Waals surface area contributed by atoms with Crippen LogP contribution in [-0.4, -0.2) is 40.6 Å². The number of amides is 1. The van der Waals surface area contributed by atoms with E-state index in [2.05, 4.69) is 48.3 Å².